The number of hydrogen-bond acceptors (Lipinski definition) is 3. The van der Waals surface area contributed by atoms with Gasteiger partial charge in [-0.15, -0.1) is 0 Å². The number of sulfonamides is 1. The van der Waals surface area contributed by atoms with Gasteiger partial charge in [0.2, 0.25) is 10.0 Å². The highest BCUT2D eigenvalue weighted by molar-refractivity contribution is 7.89. The fraction of sp³-hybridized carbons (Fsp3) is 0.500. The molecule has 0 saturated carbocycles. The fourth-order valence-corrected chi connectivity index (χ4v) is 3.05. The lowest BCUT2D eigenvalue weighted by atomic mass is 10.0. The van der Waals surface area contributed by atoms with Crippen LogP contribution >= 0.6 is 0 Å². The SMILES string of the molecule is CCC(C)(C)NS(=O)(=O)c1cc(C)cc(N)c1. The van der Waals surface area contributed by atoms with E-state index >= 15 is 0 Å². The van der Waals surface area contributed by atoms with E-state index in [0.29, 0.717) is 12.1 Å². The largest absolute Gasteiger partial charge is 0.399 e. The Hall–Kier alpha value is -1.07. The Kier molecular flexibility index (Phi) is 3.84. The molecule has 4 nitrogen and oxygen atoms in total. The van der Waals surface area contributed by atoms with Crippen LogP contribution in [-0.4, -0.2) is 14.0 Å². The molecule has 0 heterocycles. The zero-order valence-corrected chi connectivity index (χ0v) is 11.6. The van der Waals surface area contributed by atoms with E-state index in [2.05, 4.69) is 4.72 Å². The van der Waals surface area contributed by atoms with E-state index in [1.807, 2.05) is 27.7 Å². The predicted octanol–water partition coefficient (Wildman–Crippen LogP) is 2.04. The zero-order chi connectivity index (χ0) is 13.3. The first-order chi connectivity index (χ1) is 7.66. The summed E-state index contributed by atoms with van der Waals surface area (Å²) in [5, 5.41) is 0. The summed E-state index contributed by atoms with van der Waals surface area (Å²) in [5.74, 6) is 0. The molecule has 0 radical (unpaired) electrons. The molecule has 0 aliphatic rings. The second-order valence-electron chi connectivity index (χ2n) is 4.92. The standard InChI is InChI=1S/C12H20N2O2S/c1-5-12(3,4)14-17(15,16)11-7-9(2)6-10(13)8-11/h6-8,14H,5,13H2,1-4H3. The Labute approximate surface area is 103 Å². The van der Waals surface area contributed by atoms with E-state index in [9.17, 15) is 8.42 Å². The number of rotatable bonds is 4. The normalized spacial score (nSPS) is 12.7. The molecule has 0 unspecified atom stereocenters. The molecule has 0 aliphatic carbocycles. The summed E-state index contributed by atoms with van der Waals surface area (Å²) in [6.07, 6.45) is 0.716. The molecule has 3 N–H and O–H groups in total. The molecule has 0 bridgehead atoms. The van der Waals surface area contributed by atoms with Crippen LogP contribution in [0.15, 0.2) is 23.1 Å². The first kappa shape index (κ1) is 14.0. The van der Waals surface area contributed by atoms with Crippen LogP contribution in [0.3, 0.4) is 0 Å². The third-order valence-corrected chi connectivity index (χ3v) is 4.36. The van der Waals surface area contributed by atoms with E-state index in [4.69, 9.17) is 5.73 Å². The van der Waals surface area contributed by atoms with Crippen molar-refractivity contribution in [3.05, 3.63) is 23.8 Å². The third-order valence-electron chi connectivity index (χ3n) is 2.68. The monoisotopic (exact) mass is 256 g/mol. The molecule has 1 aromatic rings. The molecular weight excluding hydrogens is 236 g/mol. The van der Waals surface area contributed by atoms with Gasteiger partial charge in [0.1, 0.15) is 0 Å². The first-order valence-electron chi connectivity index (χ1n) is 5.57. The third kappa shape index (κ3) is 3.71. The molecule has 0 aliphatic heterocycles. The van der Waals surface area contributed by atoms with E-state index in [1.54, 1.807) is 12.1 Å². The van der Waals surface area contributed by atoms with Crippen LogP contribution in [0.1, 0.15) is 32.8 Å². The summed E-state index contributed by atoms with van der Waals surface area (Å²) >= 11 is 0. The lowest BCUT2D eigenvalue weighted by Crippen LogP contribution is -2.42. The van der Waals surface area contributed by atoms with Crippen molar-refractivity contribution in [1.82, 2.24) is 4.72 Å². The minimum Gasteiger partial charge on any atom is -0.399 e. The molecule has 0 saturated heterocycles. The summed E-state index contributed by atoms with van der Waals surface area (Å²) in [6.45, 7) is 7.46. The minimum absolute atomic E-state index is 0.219. The van der Waals surface area contributed by atoms with Gasteiger partial charge in [-0.05, 0) is 51.0 Å². The summed E-state index contributed by atoms with van der Waals surface area (Å²) in [5.41, 5.74) is 6.49. The van der Waals surface area contributed by atoms with Crippen molar-refractivity contribution in [2.75, 3.05) is 5.73 Å². The van der Waals surface area contributed by atoms with E-state index in [1.165, 1.54) is 6.07 Å². The summed E-state index contributed by atoms with van der Waals surface area (Å²) < 4.78 is 27.0. The molecule has 17 heavy (non-hydrogen) atoms. The topological polar surface area (TPSA) is 72.2 Å². The highest BCUT2D eigenvalue weighted by Gasteiger charge is 2.24. The summed E-state index contributed by atoms with van der Waals surface area (Å²) in [7, 11) is -3.51. The van der Waals surface area contributed by atoms with Gasteiger partial charge in [-0.2, -0.15) is 0 Å². The Morgan fingerprint density at radius 1 is 1.29 bits per heavy atom. The molecule has 96 valence electrons. The summed E-state index contributed by atoms with van der Waals surface area (Å²) in [6, 6.07) is 4.83. The van der Waals surface area contributed by atoms with Gasteiger partial charge in [-0.25, -0.2) is 13.1 Å². The number of hydrogen-bond donors (Lipinski definition) is 2. The average Bonchev–Trinajstić information content (AvgIpc) is 2.14. The summed E-state index contributed by atoms with van der Waals surface area (Å²) in [4.78, 5) is 0.219. The molecule has 1 aromatic carbocycles. The van der Waals surface area contributed by atoms with Gasteiger partial charge in [0.15, 0.2) is 0 Å². The van der Waals surface area contributed by atoms with Crippen molar-refractivity contribution < 1.29 is 8.42 Å². The Bertz CT molecular complexity index is 487. The van der Waals surface area contributed by atoms with E-state index < -0.39 is 15.6 Å². The number of aryl methyl sites for hydroxylation is 1. The molecule has 0 amide bonds. The number of benzene rings is 1. The van der Waals surface area contributed by atoms with Crippen molar-refractivity contribution in [1.29, 1.82) is 0 Å². The number of nitrogens with one attached hydrogen (secondary N) is 1. The van der Waals surface area contributed by atoms with Crippen molar-refractivity contribution in [3.63, 3.8) is 0 Å². The van der Waals surface area contributed by atoms with Gasteiger partial charge in [0, 0.05) is 11.2 Å². The van der Waals surface area contributed by atoms with Crippen molar-refractivity contribution in [3.8, 4) is 0 Å². The molecule has 0 fully saturated rings. The second kappa shape index (κ2) is 4.66. The Balaban J connectivity index is 3.14. The lowest BCUT2D eigenvalue weighted by Gasteiger charge is -2.24. The van der Waals surface area contributed by atoms with Crippen LogP contribution in [-0.2, 0) is 10.0 Å². The van der Waals surface area contributed by atoms with E-state index in [-0.39, 0.29) is 4.90 Å². The van der Waals surface area contributed by atoms with Crippen LogP contribution < -0.4 is 10.5 Å². The minimum atomic E-state index is -3.51. The molecule has 0 aromatic heterocycles. The Morgan fingerprint density at radius 3 is 2.35 bits per heavy atom. The quantitative estimate of drug-likeness (QED) is 0.810. The maximum absolute atomic E-state index is 12.1. The van der Waals surface area contributed by atoms with Crippen LogP contribution in [0.25, 0.3) is 0 Å². The fourth-order valence-electron chi connectivity index (χ4n) is 1.43. The molecule has 0 spiro atoms. The number of anilines is 1. The van der Waals surface area contributed by atoms with Gasteiger partial charge in [0.25, 0.3) is 0 Å². The van der Waals surface area contributed by atoms with Crippen molar-refractivity contribution in [2.45, 2.75) is 44.6 Å². The van der Waals surface area contributed by atoms with Crippen LogP contribution in [0.2, 0.25) is 0 Å². The lowest BCUT2D eigenvalue weighted by molar-refractivity contribution is 0.439. The van der Waals surface area contributed by atoms with Gasteiger partial charge >= 0.3 is 0 Å². The van der Waals surface area contributed by atoms with Crippen molar-refractivity contribution in [2.24, 2.45) is 0 Å². The Morgan fingerprint density at radius 2 is 1.88 bits per heavy atom. The highest BCUT2D eigenvalue weighted by atomic mass is 32.2. The molecule has 5 heteroatoms. The first-order valence-corrected chi connectivity index (χ1v) is 7.06. The molecule has 0 atom stereocenters. The van der Waals surface area contributed by atoms with Gasteiger partial charge in [-0.3, -0.25) is 0 Å². The van der Waals surface area contributed by atoms with Crippen LogP contribution in [0.5, 0.6) is 0 Å². The highest BCUT2D eigenvalue weighted by Crippen LogP contribution is 2.19. The number of nitrogens with two attached hydrogens (primary N) is 1. The zero-order valence-electron chi connectivity index (χ0n) is 10.7. The maximum atomic E-state index is 12.1. The van der Waals surface area contributed by atoms with Gasteiger partial charge < -0.3 is 5.73 Å². The number of nitrogen functional groups attached to an aromatic ring is 1. The van der Waals surface area contributed by atoms with Gasteiger partial charge in [-0.1, -0.05) is 6.92 Å². The van der Waals surface area contributed by atoms with Crippen LogP contribution in [0.4, 0.5) is 5.69 Å². The molecule has 1 rings (SSSR count). The van der Waals surface area contributed by atoms with Crippen molar-refractivity contribution >= 4 is 15.7 Å². The van der Waals surface area contributed by atoms with Crippen LogP contribution in [0, 0.1) is 6.92 Å². The smallest absolute Gasteiger partial charge is 0.241 e. The average molecular weight is 256 g/mol. The second-order valence-corrected chi connectivity index (χ2v) is 6.60. The molecular formula is C12H20N2O2S. The van der Waals surface area contributed by atoms with Gasteiger partial charge in [0.05, 0.1) is 4.90 Å². The predicted molar refractivity (Wildman–Crippen MR) is 70.3 cm³/mol. The van der Waals surface area contributed by atoms with E-state index in [0.717, 1.165) is 5.56 Å². The maximum Gasteiger partial charge on any atom is 0.241 e.